The van der Waals surface area contributed by atoms with Crippen LogP contribution in [0.25, 0.3) is 0 Å². The molecular formula is C12H11Cl2NO3. The molecule has 1 heterocycles. The van der Waals surface area contributed by atoms with Gasteiger partial charge in [0.15, 0.2) is 0 Å². The Labute approximate surface area is 114 Å². The number of carbonyl (C=O) groups is 2. The number of carbonyl (C=O) groups excluding carboxylic acids is 1. The van der Waals surface area contributed by atoms with Crippen LogP contribution >= 0.6 is 23.2 Å². The van der Waals surface area contributed by atoms with Gasteiger partial charge in [0.1, 0.15) is 0 Å². The van der Waals surface area contributed by atoms with Crippen LogP contribution < -0.4 is 5.32 Å². The van der Waals surface area contributed by atoms with Crippen LogP contribution in [0.2, 0.25) is 10.0 Å². The van der Waals surface area contributed by atoms with E-state index < -0.39 is 11.4 Å². The third-order valence-electron chi connectivity index (χ3n) is 3.11. The highest BCUT2D eigenvalue weighted by atomic mass is 35.5. The monoisotopic (exact) mass is 287 g/mol. The van der Waals surface area contributed by atoms with Crippen LogP contribution in [-0.4, -0.2) is 23.5 Å². The van der Waals surface area contributed by atoms with E-state index in [-0.39, 0.29) is 25.3 Å². The molecule has 1 atom stereocenters. The molecule has 0 aromatic heterocycles. The zero-order valence-electron chi connectivity index (χ0n) is 9.37. The molecule has 6 heteroatoms. The van der Waals surface area contributed by atoms with Gasteiger partial charge in [-0.3, -0.25) is 9.59 Å². The van der Waals surface area contributed by atoms with Gasteiger partial charge in [-0.2, -0.15) is 0 Å². The molecule has 0 radical (unpaired) electrons. The average molecular weight is 288 g/mol. The summed E-state index contributed by atoms with van der Waals surface area (Å²) in [5.41, 5.74) is -0.140. The van der Waals surface area contributed by atoms with Gasteiger partial charge < -0.3 is 10.4 Å². The first kappa shape index (κ1) is 13.2. The van der Waals surface area contributed by atoms with Gasteiger partial charge in [-0.15, -0.1) is 0 Å². The molecule has 1 amide bonds. The van der Waals surface area contributed by atoms with Crippen molar-refractivity contribution >= 4 is 35.1 Å². The third-order valence-corrected chi connectivity index (χ3v) is 3.66. The maximum absolute atomic E-state index is 11.4. The molecule has 96 valence electrons. The Balaban J connectivity index is 2.46. The lowest BCUT2D eigenvalue weighted by Gasteiger charge is -2.26. The second-order valence-corrected chi connectivity index (χ2v) is 5.27. The molecule has 1 aliphatic heterocycles. The highest BCUT2D eigenvalue weighted by Gasteiger charge is 2.43. The van der Waals surface area contributed by atoms with Crippen LogP contribution in [0, 0.1) is 0 Å². The summed E-state index contributed by atoms with van der Waals surface area (Å²) >= 11 is 11.9. The lowest BCUT2D eigenvalue weighted by atomic mass is 9.77. The minimum absolute atomic E-state index is 0.126. The summed E-state index contributed by atoms with van der Waals surface area (Å²) in [6.07, 6.45) is -0.0201. The lowest BCUT2D eigenvalue weighted by molar-refractivity contribution is -0.138. The molecule has 1 unspecified atom stereocenters. The molecule has 4 nitrogen and oxygen atoms in total. The van der Waals surface area contributed by atoms with E-state index in [9.17, 15) is 9.59 Å². The number of benzene rings is 1. The Kier molecular flexibility index (Phi) is 3.50. The van der Waals surface area contributed by atoms with Crippen LogP contribution in [0.5, 0.6) is 0 Å². The van der Waals surface area contributed by atoms with Crippen molar-refractivity contribution in [2.75, 3.05) is 6.54 Å². The summed E-state index contributed by atoms with van der Waals surface area (Å²) in [5, 5.41) is 12.6. The Bertz CT molecular complexity index is 518. The molecule has 1 saturated heterocycles. The maximum atomic E-state index is 11.4. The molecule has 1 fully saturated rings. The maximum Gasteiger partial charge on any atom is 0.304 e. The first-order valence-electron chi connectivity index (χ1n) is 5.37. The SMILES string of the molecule is O=C(O)CC1(c2ccc(Cl)cc2Cl)CNC(=O)C1. The van der Waals surface area contributed by atoms with Gasteiger partial charge in [0.25, 0.3) is 0 Å². The van der Waals surface area contributed by atoms with Crippen molar-refractivity contribution in [1.29, 1.82) is 0 Å². The largest absolute Gasteiger partial charge is 0.481 e. The number of rotatable bonds is 3. The van der Waals surface area contributed by atoms with E-state index in [1.165, 1.54) is 0 Å². The third kappa shape index (κ3) is 2.44. The van der Waals surface area contributed by atoms with Gasteiger partial charge in [0.2, 0.25) is 5.91 Å². The van der Waals surface area contributed by atoms with Crippen LogP contribution in [0.4, 0.5) is 0 Å². The van der Waals surface area contributed by atoms with E-state index in [2.05, 4.69) is 5.32 Å². The molecule has 1 aromatic carbocycles. The molecule has 1 aliphatic rings. The van der Waals surface area contributed by atoms with Crippen molar-refractivity contribution in [1.82, 2.24) is 5.32 Å². The fraction of sp³-hybridized carbons (Fsp3) is 0.333. The lowest BCUT2D eigenvalue weighted by Crippen LogP contribution is -2.32. The summed E-state index contributed by atoms with van der Waals surface area (Å²) < 4.78 is 0. The van der Waals surface area contributed by atoms with E-state index in [1.54, 1.807) is 18.2 Å². The van der Waals surface area contributed by atoms with Crippen LogP contribution in [-0.2, 0) is 15.0 Å². The second kappa shape index (κ2) is 4.78. The molecule has 2 rings (SSSR count). The Morgan fingerprint density at radius 1 is 1.44 bits per heavy atom. The van der Waals surface area contributed by atoms with Crippen molar-refractivity contribution in [3.05, 3.63) is 33.8 Å². The molecule has 18 heavy (non-hydrogen) atoms. The predicted octanol–water partition coefficient (Wildman–Crippen LogP) is 2.23. The first-order chi connectivity index (χ1) is 8.43. The summed E-state index contributed by atoms with van der Waals surface area (Å²) in [7, 11) is 0. The zero-order chi connectivity index (χ0) is 13.3. The standard InChI is InChI=1S/C12H11Cl2NO3/c13-7-1-2-8(9(14)3-7)12(5-11(17)18)4-10(16)15-6-12/h1-3H,4-6H2,(H,15,16)(H,17,18). The fourth-order valence-corrected chi connectivity index (χ4v) is 2.93. The Morgan fingerprint density at radius 3 is 2.67 bits per heavy atom. The normalized spacial score (nSPS) is 22.9. The number of carboxylic acids is 1. The highest BCUT2D eigenvalue weighted by Crippen LogP contribution is 2.39. The minimum Gasteiger partial charge on any atom is -0.481 e. The zero-order valence-corrected chi connectivity index (χ0v) is 10.9. The minimum atomic E-state index is -0.961. The quantitative estimate of drug-likeness (QED) is 0.896. The molecule has 1 aromatic rings. The summed E-state index contributed by atoms with van der Waals surface area (Å²) in [5.74, 6) is -1.13. The summed E-state index contributed by atoms with van der Waals surface area (Å²) in [6, 6.07) is 4.90. The smallest absolute Gasteiger partial charge is 0.304 e. The predicted molar refractivity (Wildman–Crippen MR) is 68.0 cm³/mol. The number of hydrogen-bond donors (Lipinski definition) is 2. The average Bonchev–Trinajstić information content (AvgIpc) is 2.59. The van der Waals surface area contributed by atoms with E-state index >= 15 is 0 Å². The van der Waals surface area contributed by atoms with Gasteiger partial charge in [0, 0.05) is 28.4 Å². The van der Waals surface area contributed by atoms with Gasteiger partial charge in [-0.25, -0.2) is 0 Å². The molecular weight excluding hydrogens is 277 g/mol. The van der Waals surface area contributed by atoms with Gasteiger partial charge in [-0.1, -0.05) is 29.3 Å². The van der Waals surface area contributed by atoms with Crippen molar-refractivity contribution in [2.45, 2.75) is 18.3 Å². The Morgan fingerprint density at radius 2 is 2.17 bits per heavy atom. The van der Waals surface area contributed by atoms with Gasteiger partial charge >= 0.3 is 5.97 Å². The van der Waals surface area contributed by atoms with Crippen LogP contribution in [0.1, 0.15) is 18.4 Å². The second-order valence-electron chi connectivity index (χ2n) is 4.43. The van der Waals surface area contributed by atoms with E-state index in [0.717, 1.165) is 0 Å². The van der Waals surface area contributed by atoms with E-state index in [0.29, 0.717) is 15.6 Å². The van der Waals surface area contributed by atoms with Gasteiger partial charge in [-0.05, 0) is 17.7 Å². The summed E-state index contributed by atoms with van der Waals surface area (Å²) in [6.45, 7) is 0.277. The number of hydrogen-bond acceptors (Lipinski definition) is 2. The number of nitrogens with one attached hydrogen (secondary N) is 1. The number of aliphatic carboxylic acids is 1. The Hall–Kier alpha value is -1.26. The van der Waals surface area contributed by atoms with Crippen molar-refractivity contribution in [2.24, 2.45) is 0 Å². The van der Waals surface area contributed by atoms with Crippen molar-refractivity contribution in [3.63, 3.8) is 0 Å². The first-order valence-corrected chi connectivity index (χ1v) is 6.13. The van der Waals surface area contributed by atoms with E-state index in [1.807, 2.05) is 0 Å². The molecule has 0 aliphatic carbocycles. The molecule has 0 saturated carbocycles. The highest BCUT2D eigenvalue weighted by molar-refractivity contribution is 6.35. The summed E-state index contributed by atoms with van der Waals surface area (Å²) in [4.78, 5) is 22.4. The van der Waals surface area contributed by atoms with E-state index in [4.69, 9.17) is 28.3 Å². The van der Waals surface area contributed by atoms with Crippen LogP contribution in [0.3, 0.4) is 0 Å². The number of amides is 1. The van der Waals surface area contributed by atoms with Crippen LogP contribution in [0.15, 0.2) is 18.2 Å². The van der Waals surface area contributed by atoms with Gasteiger partial charge in [0.05, 0.1) is 6.42 Å². The molecule has 2 N–H and O–H groups in total. The fourth-order valence-electron chi connectivity index (χ4n) is 2.32. The topological polar surface area (TPSA) is 66.4 Å². The molecule has 0 spiro atoms. The number of halogens is 2. The number of carboxylic acid groups (broad SMARTS) is 1. The molecule has 0 bridgehead atoms. The van der Waals surface area contributed by atoms with Crippen molar-refractivity contribution < 1.29 is 14.7 Å². The van der Waals surface area contributed by atoms with Crippen molar-refractivity contribution in [3.8, 4) is 0 Å².